The van der Waals surface area contributed by atoms with Crippen LogP contribution in [0.4, 0.5) is 5.69 Å². The minimum atomic E-state index is -0.195. The smallest absolute Gasteiger partial charge is 0.255 e. The molecule has 1 amide bonds. The van der Waals surface area contributed by atoms with Gasteiger partial charge in [-0.1, -0.05) is 36.1 Å². The number of anilines is 1. The van der Waals surface area contributed by atoms with E-state index in [0.29, 0.717) is 11.1 Å². The number of aliphatic hydroxyl groups is 1. The fraction of sp³-hybridized carbons (Fsp3) is 0.118. The predicted octanol–water partition coefficient (Wildman–Crippen LogP) is 2.59. The van der Waals surface area contributed by atoms with E-state index in [0.717, 1.165) is 11.3 Å². The van der Waals surface area contributed by atoms with Crippen molar-refractivity contribution in [3.05, 3.63) is 65.2 Å². The van der Waals surface area contributed by atoms with Crippen LogP contribution in [0.1, 0.15) is 21.5 Å². The summed E-state index contributed by atoms with van der Waals surface area (Å²) in [4.78, 5) is 12.2. The van der Waals surface area contributed by atoms with Crippen LogP contribution in [-0.2, 0) is 0 Å². The summed E-state index contributed by atoms with van der Waals surface area (Å²) in [5, 5.41) is 11.6. The van der Waals surface area contributed by atoms with Gasteiger partial charge in [-0.2, -0.15) is 0 Å². The van der Waals surface area contributed by atoms with Crippen molar-refractivity contribution in [2.24, 2.45) is 0 Å². The molecule has 100 valence electrons. The zero-order valence-electron chi connectivity index (χ0n) is 11.2. The van der Waals surface area contributed by atoms with Gasteiger partial charge < -0.3 is 10.4 Å². The number of aryl methyl sites for hydroxylation is 1. The van der Waals surface area contributed by atoms with Crippen LogP contribution in [0.5, 0.6) is 0 Å². The second kappa shape index (κ2) is 6.55. The molecule has 0 aliphatic rings. The monoisotopic (exact) mass is 265 g/mol. The lowest BCUT2D eigenvalue weighted by molar-refractivity contribution is 0.102. The molecule has 0 aromatic heterocycles. The quantitative estimate of drug-likeness (QED) is 0.820. The molecule has 2 aromatic rings. The summed E-state index contributed by atoms with van der Waals surface area (Å²) in [7, 11) is 0. The van der Waals surface area contributed by atoms with E-state index in [1.165, 1.54) is 0 Å². The number of para-hydroxylation sites is 1. The molecule has 2 rings (SSSR count). The lowest BCUT2D eigenvalue weighted by atomic mass is 10.1. The standard InChI is InChI=1S/C17H15NO2/c1-13-6-2-3-10-16(13)18-17(20)15-9-4-7-14(12-15)8-5-11-19/h2-4,6-7,9-10,12,19H,11H2,1H3,(H,18,20). The molecule has 0 saturated heterocycles. The first-order chi connectivity index (χ1) is 9.70. The summed E-state index contributed by atoms with van der Waals surface area (Å²) in [5.41, 5.74) is 3.05. The van der Waals surface area contributed by atoms with E-state index in [9.17, 15) is 4.79 Å². The highest BCUT2D eigenvalue weighted by Gasteiger charge is 2.07. The number of amides is 1. The SMILES string of the molecule is Cc1ccccc1NC(=O)c1cccc(C#CCO)c1. The number of nitrogens with one attached hydrogen (secondary N) is 1. The minimum absolute atomic E-state index is 0.174. The van der Waals surface area contributed by atoms with Crippen LogP contribution in [0, 0.1) is 18.8 Å². The van der Waals surface area contributed by atoms with Gasteiger partial charge in [0.15, 0.2) is 0 Å². The van der Waals surface area contributed by atoms with Crippen LogP contribution in [0.3, 0.4) is 0 Å². The van der Waals surface area contributed by atoms with Crippen molar-refractivity contribution in [3.8, 4) is 11.8 Å². The molecule has 0 saturated carbocycles. The Morgan fingerprint density at radius 1 is 1.20 bits per heavy atom. The number of aliphatic hydroxyl groups excluding tert-OH is 1. The number of hydrogen-bond donors (Lipinski definition) is 2. The molecule has 0 radical (unpaired) electrons. The van der Waals surface area contributed by atoms with Gasteiger partial charge in [-0.25, -0.2) is 0 Å². The Kier molecular flexibility index (Phi) is 4.54. The third kappa shape index (κ3) is 3.47. The summed E-state index contributed by atoms with van der Waals surface area (Å²) in [5.74, 6) is 5.17. The van der Waals surface area contributed by atoms with Crippen molar-refractivity contribution >= 4 is 11.6 Å². The molecular weight excluding hydrogens is 250 g/mol. The molecule has 0 heterocycles. The van der Waals surface area contributed by atoms with E-state index < -0.39 is 0 Å². The Balaban J connectivity index is 2.19. The van der Waals surface area contributed by atoms with E-state index in [4.69, 9.17) is 5.11 Å². The van der Waals surface area contributed by atoms with E-state index in [-0.39, 0.29) is 12.5 Å². The zero-order valence-corrected chi connectivity index (χ0v) is 11.2. The van der Waals surface area contributed by atoms with Crippen LogP contribution in [0.15, 0.2) is 48.5 Å². The average molecular weight is 265 g/mol. The largest absolute Gasteiger partial charge is 0.384 e. The first kappa shape index (κ1) is 13.9. The Hall–Kier alpha value is -2.57. The van der Waals surface area contributed by atoms with Gasteiger partial charge in [0.2, 0.25) is 0 Å². The summed E-state index contributed by atoms with van der Waals surface area (Å²) in [6, 6.07) is 14.6. The number of benzene rings is 2. The van der Waals surface area contributed by atoms with Crippen LogP contribution in [-0.4, -0.2) is 17.6 Å². The molecule has 0 atom stereocenters. The molecule has 20 heavy (non-hydrogen) atoms. The Morgan fingerprint density at radius 2 is 2.00 bits per heavy atom. The topological polar surface area (TPSA) is 49.3 Å². The maximum Gasteiger partial charge on any atom is 0.255 e. The molecular formula is C17H15NO2. The van der Waals surface area contributed by atoms with Crippen LogP contribution in [0.25, 0.3) is 0 Å². The van der Waals surface area contributed by atoms with Crippen molar-refractivity contribution < 1.29 is 9.90 Å². The highest BCUT2D eigenvalue weighted by atomic mass is 16.2. The van der Waals surface area contributed by atoms with Gasteiger partial charge in [0.05, 0.1) is 0 Å². The highest BCUT2D eigenvalue weighted by Crippen LogP contribution is 2.15. The second-order valence-corrected chi connectivity index (χ2v) is 4.31. The normalized spacial score (nSPS) is 9.50. The van der Waals surface area contributed by atoms with Gasteiger partial charge in [0.25, 0.3) is 5.91 Å². The molecule has 0 aliphatic carbocycles. The Labute approximate surface area is 118 Å². The molecule has 0 fully saturated rings. The molecule has 0 unspecified atom stereocenters. The van der Waals surface area contributed by atoms with Gasteiger partial charge in [0.1, 0.15) is 6.61 Å². The van der Waals surface area contributed by atoms with Crippen LogP contribution >= 0.6 is 0 Å². The molecule has 2 aromatic carbocycles. The molecule has 0 aliphatic heterocycles. The van der Waals surface area contributed by atoms with Gasteiger partial charge in [-0.3, -0.25) is 4.79 Å². The second-order valence-electron chi connectivity index (χ2n) is 4.31. The van der Waals surface area contributed by atoms with E-state index in [2.05, 4.69) is 17.2 Å². The minimum Gasteiger partial charge on any atom is -0.384 e. The molecule has 0 bridgehead atoms. The van der Waals surface area contributed by atoms with E-state index >= 15 is 0 Å². The summed E-state index contributed by atoms with van der Waals surface area (Å²) < 4.78 is 0. The molecule has 2 N–H and O–H groups in total. The van der Waals surface area contributed by atoms with Crippen molar-refractivity contribution in [3.63, 3.8) is 0 Å². The van der Waals surface area contributed by atoms with Crippen molar-refractivity contribution in [1.29, 1.82) is 0 Å². The number of rotatable bonds is 2. The maximum atomic E-state index is 12.2. The molecule has 0 spiro atoms. The van der Waals surface area contributed by atoms with E-state index in [1.54, 1.807) is 24.3 Å². The highest BCUT2D eigenvalue weighted by molar-refractivity contribution is 6.04. The predicted molar refractivity (Wildman–Crippen MR) is 79.5 cm³/mol. The lowest BCUT2D eigenvalue weighted by Crippen LogP contribution is -2.12. The number of carbonyl (C=O) groups is 1. The Morgan fingerprint density at radius 3 is 2.75 bits per heavy atom. The third-order valence-corrected chi connectivity index (χ3v) is 2.83. The number of carbonyl (C=O) groups excluding carboxylic acids is 1. The van der Waals surface area contributed by atoms with Gasteiger partial charge in [-0.05, 0) is 36.8 Å². The van der Waals surface area contributed by atoms with E-state index in [1.807, 2.05) is 31.2 Å². The lowest BCUT2D eigenvalue weighted by Gasteiger charge is -2.08. The maximum absolute atomic E-state index is 12.2. The third-order valence-electron chi connectivity index (χ3n) is 2.83. The number of hydrogen-bond acceptors (Lipinski definition) is 2. The van der Waals surface area contributed by atoms with Gasteiger partial charge in [0, 0.05) is 16.8 Å². The first-order valence-electron chi connectivity index (χ1n) is 6.27. The fourth-order valence-corrected chi connectivity index (χ4v) is 1.79. The van der Waals surface area contributed by atoms with Gasteiger partial charge in [-0.15, -0.1) is 0 Å². The zero-order chi connectivity index (χ0) is 14.4. The van der Waals surface area contributed by atoms with Crippen LogP contribution < -0.4 is 5.32 Å². The average Bonchev–Trinajstić information content (AvgIpc) is 2.48. The van der Waals surface area contributed by atoms with Gasteiger partial charge >= 0.3 is 0 Å². The summed E-state index contributed by atoms with van der Waals surface area (Å²) in [6.45, 7) is 1.75. The van der Waals surface area contributed by atoms with Crippen LogP contribution in [0.2, 0.25) is 0 Å². The summed E-state index contributed by atoms with van der Waals surface area (Å²) in [6.07, 6.45) is 0. The summed E-state index contributed by atoms with van der Waals surface area (Å²) >= 11 is 0. The van der Waals surface area contributed by atoms with Crippen molar-refractivity contribution in [2.45, 2.75) is 6.92 Å². The first-order valence-corrected chi connectivity index (χ1v) is 6.27. The van der Waals surface area contributed by atoms with Crippen molar-refractivity contribution in [2.75, 3.05) is 11.9 Å². The molecule has 3 nitrogen and oxygen atoms in total. The van der Waals surface area contributed by atoms with Crippen molar-refractivity contribution in [1.82, 2.24) is 0 Å². The fourth-order valence-electron chi connectivity index (χ4n) is 1.79. The Bertz CT molecular complexity index is 681. The molecule has 3 heteroatoms.